The number of halogens is 1. The second-order valence-corrected chi connectivity index (χ2v) is 9.05. The average molecular weight is 468 g/mol. The van der Waals surface area contributed by atoms with E-state index in [2.05, 4.69) is 14.6 Å². The minimum atomic E-state index is -3.86. The van der Waals surface area contributed by atoms with Crippen LogP contribution in [0.3, 0.4) is 0 Å². The zero-order valence-electron chi connectivity index (χ0n) is 17.8. The van der Waals surface area contributed by atoms with E-state index in [0.29, 0.717) is 17.9 Å². The molecule has 1 heterocycles. The molecule has 0 spiro atoms. The van der Waals surface area contributed by atoms with E-state index in [4.69, 9.17) is 4.74 Å². The van der Waals surface area contributed by atoms with E-state index < -0.39 is 15.8 Å². The summed E-state index contributed by atoms with van der Waals surface area (Å²) in [5, 5.41) is 3.85. The van der Waals surface area contributed by atoms with Gasteiger partial charge in [-0.15, -0.1) is 0 Å². The van der Waals surface area contributed by atoms with E-state index in [0.717, 1.165) is 29.6 Å². The fraction of sp³-hybridized carbons (Fsp3) is 0.125. The van der Waals surface area contributed by atoms with Gasteiger partial charge < -0.3 is 14.6 Å². The molecule has 0 aliphatic rings. The van der Waals surface area contributed by atoms with Crippen molar-refractivity contribution in [3.63, 3.8) is 0 Å². The first kappa shape index (κ1) is 22.5. The van der Waals surface area contributed by atoms with Gasteiger partial charge in [0.1, 0.15) is 5.82 Å². The first-order chi connectivity index (χ1) is 15.9. The molecule has 0 atom stereocenters. The molecule has 170 valence electrons. The fourth-order valence-electron chi connectivity index (χ4n) is 3.38. The van der Waals surface area contributed by atoms with Crippen molar-refractivity contribution in [1.82, 2.24) is 4.57 Å². The summed E-state index contributed by atoms with van der Waals surface area (Å²) in [4.78, 5) is 12.6. The van der Waals surface area contributed by atoms with Crippen molar-refractivity contribution < 1.29 is 22.3 Å². The van der Waals surface area contributed by atoms with Gasteiger partial charge in [-0.25, -0.2) is 12.8 Å². The molecule has 2 N–H and O–H groups in total. The zero-order valence-corrected chi connectivity index (χ0v) is 18.6. The van der Waals surface area contributed by atoms with E-state index in [-0.39, 0.29) is 16.5 Å². The van der Waals surface area contributed by atoms with Gasteiger partial charge in [-0.3, -0.25) is 9.52 Å². The highest BCUT2D eigenvalue weighted by Crippen LogP contribution is 2.22. The Balaban J connectivity index is 1.43. The number of sulfonamides is 1. The fourth-order valence-corrected chi connectivity index (χ4v) is 4.44. The summed E-state index contributed by atoms with van der Waals surface area (Å²) in [7, 11) is -2.20. The molecule has 7 nitrogen and oxygen atoms in total. The SMILES string of the molecule is COCCn1ccc2cc(NC(=O)c3ccc(NS(=O)(=O)c4ccc(F)cc4)cc3)ccc21. The summed E-state index contributed by atoms with van der Waals surface area (Å²) in [5.74, 6) is -0.840. The van der Waals surface area contributed by atoms with Crippen LogP contribution in [0.15, 0.2) is 83.9 Å². The van der Waals surface area contributed by atoms with Gasteiger partial charge in [0.15, 0.2) is 0 Å². The van der Waals surface area contributed by atoms with Crippen molar-refractivity contribution in [2.24, 2.45) is 0 Å². The van der Waals surface area contributed by atoms with Crippen molar-refractivity contribution >= 4 is 38.2 Å². The quantitative estimate of drug-likeness (QED) is 0.400. The van der Waals surface area contributed by atoms with Crippen LogP contribution in [0.4, 0.5) is 15.8 Å². The third-order valence-corrected chi connectivity index (χ3v) is 6.49. The number of benzene rings is 3. The molecular weight excluding hydrogens is 445 g/mol. The maximum atomic E-state index is 13.0. The molecule has 0 radical (unpaired) electrons. The molecule has 0 aliphatic heterocycles. The van der Waals surface area contributed by atoms with Crippen LogP contribution in [-0.4, -0.2) is 32.6 Å². The van der Waals surface area contributed by atoms with Gasteiger partial charge in [-0.1, -0.05) is 0 Å². The predicted molar refractivity (Wildman–Crippen MR) is 125 cm³/mol. The molecule has 9 heteroatoms. The summed E-state index contributed by atoms with van der Waals surface area (Å²) in [5.41, 5.74) is 2.35. The maximum Gasteiger partial charge on any atom is 0.261 e. The Kier molecular flexibility index (Phi) is 6.43. The highest BCUT2D eigenvalue weighted by molar-refractivity contribution is 7.92. The molecule has 0 fully saturated rings. The first-order valence-corrected chi connectivity index (χ1v) is 11.6. The number of hydrogen-bond acceptors (Lipinski definition) is 4. The van der Waals surface area contributed by atoms with Crippen molar-refractivity contribution in [3.05, 3.63) is 90.4 Å². The normalized spacial score (nSPS) is 11.5. The van der Waals surface area contributed by atoms with Crippen molar-refractivity contribution in [2.45, 2.75) is 11.4 Å². The van der Waals surface area contributed by atoms with Crippen LogP contribution >= 0.6 is 0 Å². The highest BCUT2D eigenvalue weighted by Gasteiger charge is 2.15. The number of hydrogen-bond donors (Lipinski definition) is 2. The average Bonchev–Trinajstić information content (AvgIpc) is 3.20. The number of methoxy groups -OCH3 is 1. The second kappa shape index (κ2) is 9.43. The van der Waals surface area contributed by atoms with Gasteiger partial charge in [0.25, 0.3) is 15.9 Å². The van der Waals surface area contributed by atoms with Crippen LogP contribution in [0.1, 0.15) is 10.4 Å². The molecule has 1 aromatic heterocycles. The van der Waals surface area contributed by atoms with Crippen LogP contribution in [0, 0.1) is 5.82 Å². The number of ether oxygens (including phenoxy) is 1. The third-order valence-electron chi connectivity index (χ3n) is 5.09. The topological polar surface area (TPSA) is 89.4 Å². The van der Waals surface area contributed by atoms with Crippen LogP contribution in [0.5, 0.6) is 0 Å². The van der Waals surface area contributed by atoms with Crippen LogP contribution in [0.2, 0.25) is 0 Å². The number of carbonyl (C=O) groups is 1. The molecular formula is C24H22FN3O4S. The van der Waals surface area contributed by atoms with Gasteiger partial charge in [-0.2, -0.15) is 0 Å². The van der Waals surface area contributed by atoms with Gasteiger partial charge >= 0.3 is 0 Å². The lowest BCUT2D eigenvalue weighted by molar-refractivity contribution is 0.102. The molecule has 4 rings (SSSR count). The van der Waals surface area contributed by atoms with Crippen molar-refractivity contribution in [3.8, 4) is 0 Å². The summed E-state index contributed by atoms with van der Waals surface area (Å²) >= 11 is 0. The largest absolute Gasteiger partial charge is 0.383 e. The molecule has 0 bridgehead atoms. The number of rotatable bonds is 8. The smallest absolute Gasteiger partial charge is 0.261 e. The standard InChI is InChI=1S/C24H22FN3O4S/c1-32-15-14-28-13-12-18-16-21(8-11-23(18)28)26-24(29)17-2-6-20(7-3-17)27-33(30,31)22-9-4-19(25)5-10-22/h2-13,16,27H,14-15H2,1H3,(H,26,29). The summed E-state index contributed by atoms with van der Waals surface area (Å²) in [6.45, 7) is 1.35. The lowest BCUT2D eigenvalue weighted by atomic mass is 10.2. The minimum Gasteiger partial charge on any atom is -0.383 e. The predicted octanol–water partition coefficient (Wildman–Crippen LogP) is 4.48. The van der Waals surface area contributed by atoms with E-state index in [1.165, 1.54) is 36.4 Å². The van der Waals surface area contributed by atoms with Crippen LogP contribution in [0.25, 0.3) is 10.9 Å². The molecule has 0 saturated heterocycles. The molecule has 0 aliphatic carbocycles. The number of nitrogens with zero attached hydrogens (tertiary/aromatic N) is 1. The maximum absolute atomic E-state index is 13.0. The van der Waals surface area contributed by atoms with Gasteiger partial charge in [0.2, 0.25) is 0 Å². The van der Waals surface area contributed by atoms with Gasteiger partial charge in [0.05, 0.1) is 11.5 Å². The Morgan fingerprint density at radius 3 is 2.36 bits per heavy atom. The van der Waals surface area contributed by atoms with E-state index in [1.807, 2.05) is 30.5 Å². The summed E-state index contributed by atoms with van der Waals surface area (Å²) in [6, 6.07) is 18.2. The minimum absolute atomic E-state index is 0.0582. The first-order valence-electron chi connectivity index (χ1n) is 10.1. The molecule has 3 aromatic carbocycles. The Morgan fingerprint density at radius 2 is 1.67 bits per heavy atom. The summed E-state index contributed by atoms with van der Waals surface area (Å²) in [6.07, 6.45) is 1.97. The monoisotopic (exact) mass is 467 g/mol. The molecule has 4 aromatic rings. The number of nitrogens with one attached hydrogen (secondary N) is 2. The molecule has 1 amide bonds. The number of amides is 1. The number of carbonyl (C=O) groups excluding carboxylic acids is 1. The highest BCUT2D eigenvalue weighted by atomic mass is 32.2. The number of fused-ring (bicyclic) bond motifs is 1. The second-order valence-electron chi connectivity index (χ2n) is 7.37. The van der Waals surface area contributed by atoms with E-state index in [1.54, 1.807) is 7.11 Å². The van der Waals surface area contributed by atoms with Crippen molar-refractivity contribution in [1.29, 1.82) is 0 Å². The zero-order chi connectivity index (χ0) is 23.4. The van der Waals surface area contributed by atoms with Crippen LogP contribution in [-0.2, 0) is 21.3 Å². The van der Waals surface area contributed by atoms with E-state index >= 15 is 0 Å². The van der Waals surface area contributed by atoms with Crippen molar-refractivity contribution in [2.75, 3.05) is 23.8 Å². The van der Waals surface area contributed by atoms with Gasteiger partial charge in [0, 0.05) is 47.7 Å². The lowest BCUT2D eigenvalue weighted by Crippen LogP contribution is -2.14. The van der Waals surface area contributed by atoms with Gasteiger partial charge in [-0.05, 0) is 72.8 Å². The molecule has 0 unspecified atom stereocenters. The van der Waals surface area contributed by atoms with Crippen LogP contribution < -0.4 is 10.0 Å². The molecule has 33 heavy (non-hydrogen) atoms. The Bertz CT molecular complexity index is 1380. The Labute approximate surface area is 190 Å². The number of aromatic nitrogens is 1. The third kappa shape index (κ3) is 5.21. The number of anilines is 2. The summed E-state index contributed by atoms with van der Waals surface area (Å²) < 4.78 is 47.5. The lowest BCUT2D eigenvalue weighted by Gasteiger charge is -2.10. The molecule has 0 saturated carbocycles. The Hall–Kier alpha value is -3.69. The van der Waals surface area contributed by atoms with E-state index in [9.17, 15) is 17.6 Å². The Morgan fingerprint density at radius 1 is 0.970 bits per heavy atom.